The molecule has 0 saturated carbocycles. The Morgan fingerprint density at radius 1 is 0.867 bits per heavy atom. The fourth-order valence-electron chi connectivity index (χ4n) is 4.32. The zero-order valence-electron chi connectivity index (χ0n) is 18.1. The van der Waals surface area contributed by atoms with Crippen molar-refractivity contribution in [3.8, 4) is 45.6 Å². The van der Waals surface area contributed by atoms with E-state index in [1.807, 2.05) is 13.0 Å². The zero-order valence-corrected chi connectivity index (χ0v) is 18.1. The molecular weight excluding hydrogens is 388 g/mol. The van der Waals surface area contributed by atoms with Crippen LogP contribution in [0.2, 0.25) is 0 Å². The summed E-state index contributed by atoms with van der Waals surface area (Å²) in [4.78, 5) is 13.5. The summed E-state index contributed by atoms with van der Waals surface area (Å²) < 4.78 is 34.0. The summed E-state index contributed by atoms with van der Waals surface area (Å²) in [6.07, 6.45) is 0.663. The van der Waals surface area contributed by atoms with E-state index in [-0.39, 0.29) is 24.4 Å². The predicted octanol–water partition coefficient (Wildman–Crippen LogP) is 4.13. The number of hydrogen-bond acceptors (Lipinski definition) is 7. The summed E-state index contributed by atoms with van der Waals surface area (Å²) in [5.41, 5.74) is 2.86. The molecule has 1 aliphatic carbocycles. The first kappa shape index (κ1) is 20.2. The average Bonchev–Trinajstić information content (AvgIpc) is 3.23. The van der Waals surface area contributed by atoms with E-state index in [2.05, 4.69) is 6.92 Å². The largest absolute Gasteiger partial charge is 0.493 e. The van der Waals surface area contributed by atoms with Gasteiger partial charge in [0, 0.05) is 22.6 Å². The van der Waals surface area contributed by atoms with Gasteiger partial charge in [-0.15, -0.1) is 0 Å². The minimum Gasteiger partial charge on any atom is -0.493 e. The quantitative estimate of drug-likeness (QED) is 0.745. The normalized spacial score (nSPS) is 19.3. The maximum absolute atomic E-state index is 13.5. The molecule has 2 aromatic carbocycles. The van der Waals surface area contributed by atoms with E-state index in [1.54, 1.807) is 34.5 Å². The lowest BCUT2D eigenvalue weighted by Crippen LogP contribution is -2.24. The molecule has 1 aliphatic heterocycles. The van der Waals surface area contributed by atoms with Crippen LogP contribution in [0.5, 0.6) is 34.5 Å². The standard InChI is InChI=1S/C23H26O7/c1-11-7-13-8-15(25-3)20(26-4)22(27-5)17(13)18-14(19(24)12(11)2)9-16-21(23(18)28-6)30-10-29-16/h8-9,11-12H,7,10H2,1-6H3/t11-,12-/m1/s1. The highest BCUT2D eigenvalue weighted by Crippen LogP contribution is 2.56. The van der Waals surface area contributed by atoms with Crippen molar-refractivity contribution in [3.05, 3.63) is 23.3 Å². The minimum atomic E-state index is -0.193. The topological polar surface area (TPSA) is 72.5 Å². The van der Waals surface area contributed by atoms with Gasteiger partial charge in [0.15, 0.2) is 28.8 Å². The first-order valence-corrected chi connectivity index (χ1v) is 9.83. The third-order valence-electron chi connectivity index (χ3n) is 6.06. The number of hydrogen-bond donors (Lipinski definition) is 0. The van der Waals surface area contributed by atoms with Gasteiger partial charge < -0.3 is 28.4 Å². The molecule has 0 fully saturated rings. The molecule has 0 spiro atoms. The summed E-state index contributed by atoms with van der Waals surface area (Å²) in [5.74, 6) is 2.87. The second-order valence-electron chi connectivity index (χ2n) is 7.58. The van der Waals surface area contributed by atoms with Crippen LogP contribution >= 0.6 is 0 Å². The zero-order chi connectivity index (χ0) is 21.6. The number of ether oxygens (including phenoxy) is 6. The molecule has 7 heteroatoms. The number of Topliss-reactive ketones (excluding diaryl/α,β-unsaturated/α-hetero) is 1. The van der Waals surface area contributed by atoms with Crippen molar-refractivity contribution < 1.29 is 33.2 Å². The monoisotopic (exact) mass is 414 g/mol. The number of methoxy groups -OCH3 is 4. The molecule has 0 bridgehead atoms. The summed E-state index contributed by atoms with van der Waals surface area (Å²) in [6, 6.07) is 3.69. The second-order valence-corrected chi connectivity index (χ2v) is 7.58. The Labute approximate surface area is 175 Å². The molecule has 7 nitrogen and oxygen atoms in total. The van der Waals surface area contributed by atoms with Gasteiger partial charge in [0.1, 0.15) is 0 Å². The highest BCUT2D eigenvalue weighted by atomic mass is 16.7. The second kappa shape index (κ2) is 7.63. The lowest BCUT2D eigenvalue weighted by atomic mass is 9.77. The Morgan fingerprint density at radius 2 is 1.57 bits per heavy atom. The highest BCUT2D eigenvalue weighted by molar-refractivity contribution is 6.08. The van der Waals surface area contributed by atoms with Crippen molar-refractivity contribution in [3.63, 3.8) is 0 Å². The molecule has 2 aromatic rings. The SMILES string of the molecule is COc1cc2c(c(OC)c1OC)-c1c(cc3c(c1OC)OCO3)C(=O)[C@H](C)[C@H](C)C2. The van der Waals surface area contributed by atoms with Gasteiger partial charge in [0.2, 0.25) is 18.3 Å². The van der Waals surface area contributed by atoms with Gasteiger partial charge in [-0.05, 0) is 30.0 Å². The molecule has 2 atom stereocenters. The molecule has 0 amide bonds. The number of carbonyl (C=O) groups excluding carboxylic acids is 1. The smallest absolute Gasteiger partial charge is 0.231 e. The van der Waals surface area contributed by atoms with E-state index >= 15 is 0 Å². The highest BCUT2D eigenvalue weighted by Gasteiger charge is 2.37. The van der Waals surface area contributed by atoms with Gasteiger partial charge in [-0.25, -0.2) is 0 Å². The molecule has 0 N–H and O–H groups in total. The van der Waals surface area contributed by atoms with Gasteiger partial charge >= 0.3 is 0 Å². The first-order chi connectivity index (χ1) is 14.5. The summed E-state index contributed by atoms with van der Waals surface area (Å²) in [6.45, 7) is 4.10. The van der Waals surface area contributed by atoms with Crippen LogP contribution in [0, 0.1) is 11.8 Å². The molecule has 160 valence electrons. The molecule has 0 unspecified atom stereocenters. The van der Waals surface area contributed by atoms with E-state index < -0.39 is 0 Å². The maximum atomic E-state index is 13.5. The van der Waals surface area contributed by atoms with E-state index in [0.29, 0.717) is 52.0 Å². The molecule has 0 aromatic heterocycles. The number of fused-ring (bicyclic) bond motifs is 4. The number of benzene rings is 2. The van der Waals surface area contributed by atoms with Gasteiger partial charge in [-0.1, -0.05) is 13.8 Å². The first-order valence-electron chi connectivity index (χ1n) is 9.83. The minimum absolute atomic E-state index is 0.0246. The van der Waals surface area contributed by atoms with Gasteiger partial charge in [-0.2, -0.15) is 0 Å². The van der Waals surface area contributed by atoms with E-state index in [9.17, 15) is 4.79 Å². The fourth-order valence-corrected chi connectivity index (χ4v) is 4.32. The molecule has 30 heavy (non-hydrogen) atoms. The molecule has 0 radical (unpaired) electrons. The Kier molecular flexibility index (Phi) is 5.13. The number of carbonyl (C=O) groups is 1. The van der Waals surface area contributed by atoms with Crippen LogP contribution in [0.3, 0.4) is 0 Å². The van der Waals surface area contributed by atoms with E-state index in [0.717, 1.165) is 11.1 Å². The molecule has 4 rings (SSSR count). The van der Waals surface area contributed by atoms with Crippen LogP contribution < -0.4 is 28.4 Å². The van der Waals surface area contributed by atoms with Crippen LogP contribution in [0.4, 0.5) is 0 Å². The lowest BCUT2D eigenvalue weighted by molar-refractivity contribution is 0.0892. The van der Waals surface area contributed by atoms with Gasteiger partial charge in [-0.3, -0.25) is 4.79 Å². The summed E-state index contributed by atoms with van der Waals surface area (Å²) >= 11 is 0. The number of rotatable bonds is 4. The van der Waals surface area contributed by atoms with Crippen molar-refractivity contribution in [1.29, 1.82) is 0 Å². The molecule has 0 saturated heterocycles. The van der Waals surface area contributed by atoms with Gasteiger partial charge in [0.05, 0.1) is 28.4 Å². The summed E-state index contributed by atoms with van der Waals surface area (Å²) in [5, 5.41) is 0. The summed E-state index contributed by atoms with van der Waals surface area (Å²) in [7, 11) is 6.28. The molecule has 1 heterocycles. The van der Waals surface area contributed by atoms with Crippen molar-refractivity contribution in [2.45, 2.75) is 20.3 Å². The van der Waals surface area contributed by atoms with Crippen molar-refractivity contribution >= 4 is 5.78 Å². The van der Waals surface area contributed by atoms with Crippen molar-refractivity contribution in [1.82, 2.24) is 0 Å². The van der Waals surface area contributed by atoms with Crippen molar-refractivity contribution in [2.24, 2.45) is 11.8 Å². The fraction of sp³-hybridized carbons (Fsp3) is 0.435. The van der Waals surface area contributed by atoms with Crippen LogP contribution in [-0.4, -0.2) is 41.0 Å². The van der Waals surface area contributed by atoms with Crippen LogP contribution in [0.1, 0.15) is 29.8 Å². The Morgan fingerprint density at radius 3 is 2.20 bits per heavy atom. The number of ketones is 1. The third kappa shape index (κ3) is 2.83. The van der Waals surface area contributed by atoms with Crippen LogP contribution in [0.15, 0.2) is 12.1 Å². The van der Waals surface area contributed by atoms with Crippen LogP contribution in [0.25, 0.3) is 11.1 Å². The maximum Gasteiger partial charge on any atom is 0.231 e. The average molecular weight is 414 g/mol. The molecule has 2 aliphatic rings. The third-order valence-corrected chi connectivity index (χ3v) is 6.06. The van der Waals surface area contributed by atoms with Gasteiger partial charge in [0.25, 0.3) is 0 Å². The lowest BCUT2D eigenvalue weighted by Gasteiger charge is -2.29. The Bertz CT molecular complexity index is 1010. The van der Waals surface area contributed by atoms with E-state index in [1.165, 1.54) is 0 Å². The predicted molar refractivity (Wildman–Crippen MR) is 111 cm³/mol. The molecular formula is C23H26O7. The van der Waals surface area contributed by atoms with E-state index in [4.69, 9.17) is 28.4 Å². The van der Waals surface area contributed by atoms with Crippen molar-refractivity contribution in [2.75, 3.05) is 35.2 Å². The van der Waals surface area contributed by atoms with Crippen LogP contribution in [-0.2, 0) is 6.42 Å². The Balaban J connectivity index is 2.17. The Hall–Kier alpha value is -3.09.